The van der Waals surface area contributed by atoms with E-state index in [9.17, 15) is 5.11 Å². The number of hydrogen-bond acceptors (Lipinski definition) is 4. The summed E-state index contributed by atoms with van der Waals surface area (Å²) in [7, 11) is 0. The third-order valence-electron chi connectivity index (χ3n) is 3.19. The Bertz CT molecular complexity index is 540. The van der Waals surface area contributed by atoms with Gasteiger partial charge in [0, 0.05) is 34.5 Å². The summed E-state index contributed by atoms with van der Waals surface area (Å²) in [4.78, 5) is 4.09. The summed E-state index contributed by atoms with van der Waals surface area (Å²) >= 11 is 0. The van der Waals surface area contributed by atoms with Crippen LogP contribution in [0.3, 0.4) is 0 Å². The SMILES string of the molecule is CC(C)[C@@H](CO)Nc1ccc(N)c2cnccc12. The van der Waals surface area contributed by atoms with Gasteiger partial charge in [0.05, 0.1) is 12.6 Å². The van der Waals surface area contributed by atoms with Gasteiger partial charge in [-0.2, -0.15) is 0 Å². The second-order valence-corrected chi connectivity index (χ2v) is 4.80. The zero-order chi connectivity index (χ0) is 13.1. The van der Waals surface area contributed by atoms with Crippen LogP contribution in [-0.4, -0.2) is 22.7 Å². The van der Waals surface area contributed by atoms with Gasteiger partial charge in [0.1, 0.15) is 0 Å². The molecule has 0 fully saturated rings. The Kier molecular flexibility index (Phi) is 3.67. The molecule has 1 atom stereocenters. The standard InChI is InChI=1S/C14H19N3O/c1-9(2)14(8-18)17-13-4-3-12(15)11-7-16-6-5-10(11)13/h3-7,9,14,17-18H,8,15H2,1-2H3/t14-/m1/s1. The Morgan fingerprint density at radius 3 is 2.72 bits per heavy atom. The lowest BCUT2D eigenvalue weighted by Gasteiger charge is -2.22. The highest BCUT2D eigenvalue weighted by atomic mass is 16.3. The highest BCUT2D eigenvalue weighted by Gasteiger charge is 2.13. The molecule has 0 aliphatic carbocycles. The predicted molar refractivity (Wildman–Crippen MR) is 75.5 cm³/mol. The highest BCUT2D eigenvalue weighted by molar-refractivity contribution is 6.00. The Labute approximate surface area is 107 Å². The number of nitrogen functional groups attached to an aromatic ring is 1. The van der Waals surface area contributed by atoms with Gasteiger partial charge in [0.15, 0.2) is 0 Å². The Hall–Kier alpha value is -1.81. The number of anilines is 2. The molecule has 4 N–H and O–H groups in total. The summed E-state index contributed by atoms with van der Waals surface area (Å²) in [6.07, 6.45) is 3.51. The Morgan fingerprint density at radius 1 is 1.28 bits per heavy atom. The lowest BCUT2D eigenvalue weighted by Crippen LogP contribution is -2.29. The molecule has 0 aliphatic heterocycles. The maximum atomic E-state index is 9.38. The topological polar surface area (TPSA) is 71.2 Å². The van der Waals surface area contributed by atoms with Crippen molar-refractivity contribution in [2.75, 3.05) is 17.7 Å². The molecule has 0 aliphatic rings. The number of nitrogens with zero attached hydrogens (tertiary/aromatic N) is 1. The lowest BCUT2D eigenvalue weighted by atomic mass is 10.0. The van der Waals surface area contributed by atoms with Gasteiger partial charge in [-0.25, -0.2) is 0 Å². The minimum atomic E-state index is 0.0324. The van der Waals surface area contributed by atoms with Crippen LogP contribution in [0.1, 0.15) is 13.8 Å². The summed E-state index contributed by atoms with van der Waals surface area (Å²) in [5, 5.41) is 14.7. The van der Waals surface area contributed by atoms with Gasteiger partial charge in [0.2, 0.25) is 0 Å². The van der Waals surface area contributed by atoms with Gasteiger partial charge in [0.25, 0.3) is 0 Å². The molecule has 0 spiro atoms. The first-order chi connectivity index (χ1) is 8.63. The minimum absolute atomic E-state index is 0.0324. The number of aromatic nitrogens is 1. The van der Waals surface area contributed by atoms with Crippen molar-refractivity contribution in [2.24, 2.45) is 5.92 Å². The van der Waals surface area contributed by atoms with E-state index in [-0.39, 0.29) is 12.6 Å². The number of benzene rings is 1. The van der Waals surface area contributed by atoms with E-state index in [0.29, 0.717) is 11.6 Å². The first-order valence-corrected chi connectivity index (χ1v) is 6.13. The maximum Gasteiger partial charge on any atom is 0.0635 e. The van der Waals surface area contributed by atoms with E-state index >= 15 is 0 Å². The number of nitrogens with two attached hydrogens (primary N) is 1. The molecule has 96 valence electrons. The molecule has 0 radical (unpaired) electrons. The molecule has 0 saturated heterocycles. The van der Waals surface area contributed by atoms with E-state index in [2.05, 4.69) is 24.1 Å². The average Bonchev–Trinajstić information content (AvgIpc) is 2.38. The fourth-order valence-corrected chi connectivity index (χ4v) is 1.96. The van der Waals surface area contributed by atoms with Crippen molar-refractivity contribution in [3.63, 3.8) is 0 Å². The molecule has 1 aromatic carbocycles. The number of nitrogens with one attached hydrogen (secondary N) is 1. The van der Waals surface area contributed by atoms with E-state index < -0.39 is 0 Å². The molecule has 2 rings (SSSR count). The molecule has 4 heteroatoms. The predicted octanol–water partition coefficient (Wildman–Crippen LogP) is 2.25. The maximum absolute atomic E-state index is 9.38. The summed E-state index contributed by atoms with van der Waals surface area (Å²) in [5.74, 6) is 0.351. The molecule has 0 saturated carbocycles. The summed E-state index contributed by atoms with van der Waals surface area (Å²) in [6.45, 7) is 4.26. The van der Waals surface area contributed by atoms with Gasteiger partial charge < -0.3 is 16.2 Å². The molecule has 18 heavy (non-hydrogen) atoms. The number of rotatable bonds is 4. The van der Waals surface area contributed by atoms with Crippen molar-refractivity contribution in [2.45, 2.75) is 19.9 Å². The van der Waals surface area contributed by atoms with Crippen LogP contribution >= 0.6 is 0 Å². The van der Waals surface area contributed by atoms with Crippen LogP contribution < -0.4 is 11.1 Å². The van der Waals surface area contributed by atoms with Crippen LogP contribution in [0.15, 0.2) is 30.6 Å². The first-order valence-electron chi connectivity index (χ1n) is 6.13. The quantitative estimate of drug-likeness (QED) is 0.722. The highest BCUT2D eigenvalue weighted by Crippen LogP contribution is 2.28. The second kappa shape index (κ2) is 5.23. The molecular formula is C14H19N3O. The average molecular weight is 245 g/mol. The van der Waals surface area contributed by atoms with Crippen LogP contribution in [0.4, 0.5) is 11.4 Å². The van der Waals surface area contributed by atoms with E-state index in [4.69, 9.17) is 5.73 Å². The van der Waals surface area contributed by atoms with Crippen LogP contribution in [0.5, 0.6) is 0 Å². The van der Waals surface area contributed by atoms with Gasteiger partial charge in [-0.1, -0.05) is 13.8 Å². The lowest BCUT2D eigenvalue weighted by molar-refractivity contribution is 0.249. The molecule has 4 nitrogen and oxygen atoms in total. The molecule has 1 heterocycles. The fraction of sp³-hybridized carbons (Fsp3) is 0.357. The Balaban J connectivity index is 2.42. The normalized spacial score (nSPS) is 12.9. The molecule has 2 aromatic rings. The third kappa shape index (κ3) is 2.38. The van der Waals surface area contributed by atoms with Crippen LogP contribution in [-0.2, 0) is 0 Å². The summed E-state index contributed by atoms with van der Waals surface area (Å²) in [5.41, 5.74) is 7.63. The minimum Gasteiger partial charge on any atom is -0.398 e. The van der Waals surface area contributed by atoms with E-state index in [1.165, 1.54) is 0 Å². The van der Waals surface area contributed by atoms with Gasteiger partial charge >= 0.3 is 0 Å². The van der Waals surface area contributed by atoms with Crippen LogP contribution in [0, 0.1) is 5.92 Å². The van der Waals surface area contributed by atoms with Crippen molar-refractivity contribution in [3.8, 4) is 0 Å². The van der Waals surface area contributed by atoms with Crippen molar-refractivity contribution in [1.29, 1.82) is 0 Å². The zero-order valence-electron chi connectivity index (χ0n) is 10.7. The summed E-state index contributed by atoms with van der Waals surface area (Å²) in [6, 6.07) is 5.78. The molecule has 1 aromatic heterocycles. The van der Waals surface area contributed by atoms with Gasteiger partial charge in [-0.3, -0.25) is 4.98 Å². The molecular weight excluding hydrogens is 226 g/mol. The van der Waals surface area contributed by atoms with Crippen LogP contribution in [0.2, 0.25) is 0 Å². The number of aliphatic hydroxyl groups excluding tert-OH is 1. The number of pyridine rings is 1. The second-order valence-electron chi connectivity index (χ2n) is 4.80. The van der Waals surface area contributed by atoms with E-state index in [1.54, 1.807) is 12.4 Å². The number of fused-ring (bicyclic) bond motifs is 1. The zero-order valence-corrected chi connectivity index (χ0v) is 10.7. The molecule has 0 bridgehead atoms. The number of aliphatic hydroxyl groups is 1. The van der Waals surface area contributed by atoms with Crippen molar-refractivity contribution < 1.29 is 5.11 Å². The molecule has 0 unspecified atom stereocenters. The van der Waals surface area contributed by atoms with Crippen LogP contribution in [0.25, 0.3) is 10.8 Å². The first kappa shape index (κ1) is 12.6. The van der Waals surface area contributed by atoms with Gasteiger partial charge in [-0.05, 0) is 24.1 Å². The van der Waals surface area contributed by atoms with E-state index in [1.807, 2.05) is 18.2 Å². The van der Waals surface area contributed by atoms with Crippen molar-refractivity contribution in [1.82, 2.24) is 4.98 Å². The smallest absolute Gasteiger partial charge is 0.0635 e. The van der Waals surface area contributed by atoms with Gasteiger partial charge in [-0.15, -0.1) is 0 Å². The van der Waals surface area contributed by atoms with Crippen molar-refractivity contribution in [3.05, 3.63) is 30.6 Å². The van der Waals surface area contributed by atoms with Crippen molar-refractivity contribution >= 4 is 22.1 Å². The fourth-order valence-electron chi connectivity index (χ4n) is 1.96. The number of hydrogen-bond donors (Lipinski definition) is 3. The Morgan fingerprint density at radius 2 is 2.06 bits per heavy atom. The van der Waals surface area contributed by atoms with E-state index in [0.717, 1.165) is 16.5 Å². The monoisotopic (exact) mass is 245 g/mol. The summed E-state index contributed by atoms with van der Waals surface area (Å²) < 4.78 is 0. The molecule has 0 amide bonds. The largest absolute Gasteiger partial charge is 0.398 e. The third-order valence-corrected chi connectivity index (χ3v) is 3.19.